The third kappa shape index (κ3) is 2.46. The molecule has 92 valence electrons. The van der Waals surface area contributed by atoms with Crippen LogP contribution in [0.1, 0.15) is 17.2 Å². The fourth-order valence-corrected chi connectivity index (χ4v) is 1.79. The van der Waals surface area contributed by atoms with Gasteiger partial charge in [0.05, 0.1) is 11.6 Å². The smallest absolute Gasteiger partial charge is 0.416 e. The van der Waals surface area contributed by atoms with Crippen molar-refractivity contribution in [3.05, 3.63) is 34.3 Å². The zero-order valence-corrected chi connectivity index (χ0v) is 9.10. The summed E-state index contributed by atoms with van der Waals surface area (Å²) in [6, 6.07) is 2.33. The first kappa shape index (κ1) is 12.0. The number of benzene rings is 1. The lowest BCUT2D eigenvalue weighted by atomic mass is 10.0. The molecular formula is C10H7ClF3NO2. The Balaban J connectivity index is 2.36. The minimum atomic E-state index is -4.44. The van der Waals surface area contributed by atoms with Crippen molar-refractivity contribution in [1.82, 2.24) is 5.32 Å². The summed E-state index contributed by atoms with van der Waals surface area (Å²) in [7, 11) is 0. The SMILES string of the molecule is O=C1NC(c2cc(C(F)(F)F)ccc2Cl)CO1. The van der Waals surface area contributed by atoms with Crippen molar-refractivity contribution < 1.29 is 22.7 Å². The monoisotopic (exact) mass is 265 g/mol. The summed E-state index contributed by atoms with van der Waals surface area (Å²) < 4.78 is 42.1. The molecule has 0 spiro atoms. The number of hydrogen-bond donors (Lipinski definition) is 1. The van der Waals surface area contributed by atoms with Crippen LogP contribution in [-0.4, -0.2) is 12.7 Å². The van der Waals surface area contributed by atoms with Gasteiger partial charge in [-0.2, -0.15) is 13.2 Å². The molecule has 0 radical (unpaired) electrons. The lowest BCUT2D eigenvalue weighted by Gasteiger charge is -2.13. The van der Waals surface area contributed by atoms with Crippen LogP contribution >= 0.6 is 11.6 Å². The molecule has 1 aliphatic rings. The third-order valence-corrected chi connectivity index (χ3v) is 2.72. The Bertz CT molecular complexity index is 461. The Kier molecular flexibility index (Phi) is 2.91. The number of rotatable bonds is 1. The van der Waals surface area contributed by atoms with Crippen LogP contribution in [0.15, 0.2) is 18.2 Å². The molecule has 1 N–H and O–H groups in total. The highest BCUT2D eigenvalue weighted by molar-refractivity contribution is 6.31. The van der Waals surface area contributed by atoms with Crippen molar-refractivity contribution in [1.29, 1.82) is 0 Å². The summed E-state index contributed by atoms with van der Waals surface area (Å²) in [4.78, 5) is 10.8. The normalized spacial score (nSPS) is 20.0. The van der Waals surface area contributed by atoms with Crippen molar-refractivity contribution in [2.24, 2.45) is 0 Å². The van der Waals surface area contributed by atoms with Crippen LogP contribution in [0.3, 0.4) is 0 Å². The van der Waals surface area contributed by atoms with E-state index in [1.807, 2.05) is 0 Å². The van der Waals surface area contributed by atoms with E-state index in [1.165, 1.54) is 0 Å². The van der Waals surface area contributed by atoms with Crippen LogP contribution < -0.4 is 5.32 Å². The first-order valence-electron chi connectivity index (χ1n) is 4.68. The minimum absolute atomic E-state index is 0.0279. The number of halogens is 4. The molecule has 17 heavy (non-hydrogen) atoms. The molecule has 7 heteroatoms. The van der Waals surface area contributed by atoms with E-state index in [1.54, 1.807) is 0 Å². The Morgan fingerprint density at radius 1 is 1.41 bits per heavy atom. The molecule has 1 unspecified atom stereocenters. The molecule has 1 atom stereocenters. The molecule has 1 aromatic rings. The lowest BCUT2D eigenvalue weighted by molar-refractivity contribution is -0.137. The van der Waals surface area contributed by atoms with Gasteiger partial charge in [-0.1, -0.05) is 11.6 Å². The van der Waals surface area contributed by atoms with E-state index in [4.69, 9.17) is 11.6 Å². The van der Waals surface area contributed by atoms with Gasteiger partial charge < -0.3 is 10.1 Å². The summed E-state index contributed by atoms with van der Waals surface area (Å²) in [5, 5.41) is 2.54. The summed E-state index contributed by atoms with van der Waals surface area (Å²) in [6.07, 6.45) is -5.11. The Labute approximate surface area is 99.5 Å². The molecule has 1 heterocycles. The molecule has 1 aromatic carbocycles. The highest BCUT2D eigenvalue weighted by Gasteiger charge is 2.33. The number of carbonyl (C=O) groups is 1. The van der Waals surface area contributed by atoms with E-state index in [2.05, 4.69) is 10.1 Å². The van der Waals surface area contributed by atoms with Gasteiger partial charge in [0.2, 0.25) is 0 Å². The van der Waals surface area contributed by atoms with Gasteiger partial charge in [-0.25, -0.2) is 4.79 Å². The molecule has 0 aliphatic carbocycles. The van der Waals surface area contributed by atoms with Crippen molar-refractivity contribution in [3.63, 3.8) is 0 Å². The third-order valence-electron chi connectivity index (χ3n) is 2.37. The second-order valence-corrected chi connectivity index (χ2v) is 3.94. The first-order chi connectivity index (χ1) is 7.88. The van der Waals surface area contributed by atoms with Gasteiger partial charge in [-0.05, 0) is 23.8 Å². The number of nitrogens with one attached hydrogen (secondary N) is 1. The van der Waals surface area contributed by atoms with Crippen molar-refractivity contribution in [2.75, 3.05) is 6.61 Å². The van der Waals surface area contributed by atoms with Gasteiger partial charge in [0, 0.05) is 5.02 Å². The van der Waals surface area contributed by atoms with Crippen LogP contribution in [0.25, 0.3) is 0 Å². The van der Waals surface area contributed by atoms with E-state index >= 15 is 0 Å². The highest BCUT2D eigenvalue weighted by atomic mass is 35.5. The number of hydrogen-bond acceptors (Lipinski definition) is 2. The molecule has 1 aliphatic heterocycles. The number of alkyl halides is 3. The van der Waals surface area contributed by atoms with Gasteiger partial charge in [0.15, 0.2) is 0 Å². The number of carbonyl (C=O) groups excluding carboxylic acids is 1. The van der Waals surface area contributed by atoms with Crippen molar-refractivity contribution >= 4 is 17.7 Å². The molecule has 0 saturated carbocycles. The van der Waals surface area contributed by atoms with E-state index in [-0.39, 0.29) is 17.2 Å². The molecule has 1 amide bonds. The Morgan fingerprint density at radius 3 is 2.65 bits per heavy atom. The molecule has 0 aromatic heterocycles. The van der Waals surface area contributed by atoms with Gasteiger partial charge in [0.25, 0.3) is 0 Å². The molecule has 2 rings (SSSR count). The lowest BCUT2D eigenvalue weighted by Crippen LogP contribution is -2.19. The molecule has 0 bridgehead atoms. The van der Waals surface area contributed by atoms with Gasteiger partial charge >= 0.3 is 12.3 Å². The van der Waals surface area contributed by atoms with E-state index in [0.29, 0.717) is 0 Å². The van der Waals surface area contributed by atoms with Crippen LogP contribution in [0.4, 0.5) is 18.0 Å². The topological polar surface area (TPSA) is 38.3 Å². The number of amides is 1. The summed E-state index contributed by atoms with van der Waals surface area (Å²) in [5.41, 5.74) is -0.606. The van der Waals surface area contributed by atoms with Crippen LogP contribution in [-0.2, 0) is 10.9 Å². The van der Waals surface area contributed by atoms with Crippen LogP contribution in [0.5, 0.6) is 0 Å². The maximum Gasteiger partial charge on any atom is 0.416 e. The Hall–Kier alpha value is -1.43. The van der Waals surface area contributed by atoms with Crippen LogP contribution in [0, 0.1) is 0 Å². The fourth-order valence-electron chi connectivity index (χ4n) is 1.54. The second kappa shape index (κ2) is 4.10. The maximum atomic E-state index is 12.5. The Morgan fingerprint density at radius 2 is 2.12 bits per heavy atom. The summed E-state index contributed by atoms with van der Waals surface area (Å²) in [6.45, 7) is -0.0279. The zero-order chi connectivity index (χ0) is 12.6. The van der Waals surface area contributed by atoms with Crippen molar-refractivity contribution in [3.8, 4) is 0 Å². The van der Waals surface area contributed by atoms with Crippen LogP contribution in [0.2, 0.25) is 5.02 Å². The maximum absolute atomic E-state index is 12.5. The van der Waals surface area contributed by atoms with Gasteiger partial charge in [-0.15, -0.1) is 0 Å². The molecular weight excluding hydrogens is 259 g/mol. The number of alkyl carbamates (subject to hydrolysis) is 1. The largest absolute Gasteiger partial charge is 0.447 e. The average Bonchev–Trinajstić information content (AvgIpc) is 2.63. The predicted molar refractivity (Wildman–Crippen MR) is 53.7 cm³/mol. The number of cyclic esters (lactones) is 1. The minimum Gasteiger partial charge on any atom is -0.447 e. The predicted octanol–water partition coefficient (Wildman–Crippen LogP) is 3.14. The van der Waals surface area contributed by atoms with Crippen molar-refractivity contribution in [2.45, 2.75) is 12.2 Å². The second-order valence-electron chi connectivity index (χ2n) is 3.53. The quantitative estimate of drug-likeness (QED) is 0.847. The van der Waals surface area contributed by atoms with E-state index < -0.39 is 23.9 Å². The molecule has 1 fully saturated rings. The zero-order valence-electron chi connectivity index (χ0n) is 8.34. The standard InChI is InChI=1S/C10H7ClF3NO2/c11-7-2-1-5(10(12,13)14)3-6(7)8-4-17-9(16)15-8/h1-3,8H,4H2,(H,15,16). The van der Waals surface area contributed by atoms with E-state index in [0.717, 1.165) is 18.2 Å². The summed E-state index contributed by atoms with van der Waals surface area (Å²) in [5.74, 6) is 0. The van der Waals surface area contributed by atoms with Gasteiger partial charge in [-0.3, -0.25) is 0 Å². The number of ether oxygens (including phenoxy) is 1. The first-order valence-corrected chi connectivity index (χ1v) is 5.05. The molecule has 3 nitrogen and oxygen atoms in total. The highest BCUT2D eigenvalue weighted by Crippen LogP contribution is 2.34. The average molecular weight is 266 g/mol. The van der Waals surface area contributed by atoms with Gasteiger partial charge in [0.1, 0.15) is 6.61 Å². The fraction of sp³-hybridized carbons (Fsp3) is 0.300. The summed E-state index contributed by atoms with van der Waals surface area (Å²) >= 11 is 5.80. The molecule has 1 saturated heterocycles. The van der Waals surface area contributed by atoms with E-state index in [9.17, 15) is 18.0 Å².